The molecule has 0 saturated heterocycles. The minimum atomic E-state index is 0.385. The molecule has 4 heterocycles. The molecule has 4 aromatic heterocycles. The highest BCUT2D eigenvalue weighted by atomic mass is 15.3. The molecule has 0 unspecified atom stereocenters. The number of aromatic nitrogens is 6. The lowest BCUT2D eigenvalue weighted by Crippen LogP contribution is -2.15. The third-order valence-corrected chi connectivity index (χ3v) is 5.09. The molecular weight excluding hydrogens is 388 g/mol. The van der Waals surface area contributed by atoms with Crippen LogP contribution >= 0.6 is 0 Å². The van der Waals surface area contributed by atoms with E-state index in [4.69, 9.17) is 4.98 Å². The Morgan fingerprint density at radius 3 is 2.68 bits per heavy atom. The summed E-state index contributed by atoms with van der Waals surface area (Å²) in [6.45, 7) is 6.19. The molecule has 0 fully saturated rings. The van der Waals surface area contributed by atoms with Gasteiger partial charge in [-0.2, -0.15) is 10.2 Å². The fourth-order valence-corrected chi connectivity index (χ4v) is 3.31. The summed E-state index contributed by atoms with van der Waals surface area (Å²) in [5.74, 6) is 1.78. The first kappa shape index (κ1) is 20.9. The van der Waals surface area contributed by atoms with Gasteiger partial charge in [-0.15, -0.1) is 5.10 Å². The number of pyridine rings is 2. The van der Waals surface area contributed by atoms with E-state index in [1.54, 1.807) is 6.20 Å². The van der Waals surface area contributed by atoms with Crippen LogP contribution in [0.5, 0.6) is 0 Å². The molecule has 0 aliphatic rings. The van der Waals surface area contributed by atoms with Gasteiger partial charge in [0.2, 0.25) is 0 Å². The number of aryl methyl sites for hydroxylation is 1. The van der Waals surface area contributed by atoms with E-state index in [1.807, 2.05) is 41.3 Å². The van der Waals surface area contributed by atoms with Crippen LogP contribution in [0.1, 0.15) is 31.7 Å². The molecule has 0 atom stereocenters. The number of hydrogen-bond acceptors (Lipinski definition) is 7. The number of fused-ring (bicyclic) bond motifs is 1. The minimum absolute atomic E-state index is 0.385. The van der Waals surface area contributed by atoms with Crippen LogP contribution in [0.4, 0.5) is 11.6 Å². The third-order valence-electron chi connectivity index (χ3n) is 5.09. The third kappa shape index (κ3) is 5.21. The van der Waals surface area contributed by atoms with Crippen molar-refractivity contribution in [2.75, 3.05) is 26.0 Å². The summed E-state index contributed by atoms with van der Waals surface area (Å²) in [4.78, 5) is 11.5. The number of anilines is 2. The Kier molecular flexibility index (Phi) is 6.18. The van der Waals surface area contributed by atoms with E-state index in [0.29, 0.717) is 17.6 Å². The van der Waals surface area contributed by atoms with Crippen molar-refractivity contribution in [3.63, 3.8) is 0 Å². The van der Waals surface area contributed by atoms with Gasteiger partial charge >= 0.3 is 0 Å². The standard InChI is InChI=1S/C23H28N8/c1-16(2)17-11-23(29-25-13-17)28-22-7-6-20-21(27-22)10-18(12-24-20)19-14-26-31(15-19)9-5-8-30(3)4/h6-7,10-16H,5,8-9H2,1-4H3,(H,27,28,29). The first-order valence-corrected chi connectivity index (χ1v) is 10.5. The normalized spacial score (nSPS) is 11.5. The average molecular weight is 417 g/mol. The summed E-state index contributed by atoms with van der Waals surface area (Å²) in [5.41, 5.74) is 4.82. The molecule has 0 amide bonds. The van der Waals surface area contributed by atoms with E-state index in [0.717, 1.165) is 47.2 Å². The molecule has 4 rings (SSSR count). The largest absolute Gasteiger partial charge is 0.323 e. The summed E-state index contributed by atoms with van der Waals surface area (Å²) >= 11 is 0. The van der Waals surface area contributed by atoms with Crippen LogP contribution in [0, 0.1) is 0 Å². The zero-order valence-electron chi connectivity index (χ0n) is 18.4. The fourth-order valence-electron chi connectivity index (χ4n) is 3.31. The molecule has 1 N–H and O–H groups in total. The first-order chi connectivity index (χ1) is 15.0. The van der Waals surface area contributed by atoms with Crippen molar-refractivity contribution in [1.82, 2.24) is 34.8 Å². The van der Waals surface area contributed by atoms with Crippen LogP contribution in [-0.2, 0) is 6.54 Å². The maximum atomic E-state index is 4.73. The second-order valence-corrected chi connectivity index (χ2v) is 8.26. The van der Waals surface area contributed by atoms with E-state index in [-0.39, 0.29) is 0 Å². The Morgan fingerprint density at radius 2 is 1.87 bits per heavy atom. The van der Waals surface area contributed by atoms with Gasteiger partial charge < -0.3 is 10.2 Å². The van der Waals surface area contributed by atoms with Gasteiger partial charge in [-0.3, -0.25) is 9.67 Å². The number of hydrogen-bond donors (Lipinski definition) is 1. The van der Waals surface area contributed by atoms with Crippen LogP contribution in [0.2, 0.25) is 0 Å². The zero-order valence-corrected chi connectivity index (χ0v) is 18.4. The fraction of sp³-hybridized carbons (Fsp3) is 0.348. The highest BCUT2D eigenvalue weighted by Gasteiger charge is 2.08. The minimum Gasteiger partial charge on any atom is -0.323 e. The Morgan fingerprint density at radius 1 is 1.00 bits per heavy atom. The molecule has 8 nitrogen and oxygen atoms in total. The van der Waals surface area contributed by atoms with Gasteiger partial charge in [0.15, 0.2) is 5.82 Å². The molecule has 0 bridgehead atoms. The maximum Gasteiger partial charge on any atom is 0.154 e. The summed E-state index contributed by atoms with van der Waals surface area (Å²) in [5, 5.41) is 16.0. The summed E-state index contributed by atoms with van der Waals surface area (Å²) in [6, 6.07) is 7.91. The van der Waals surface area contributed by atoms with E-state index >= 15 is 0 Å². The molecule has 0 saturated carbocycles. The number of rotatable bonds is 8. The van der Waals surface area contributed by atoms with E-state index < -0.39 is 0 Å². The summed E-state index contributed by atoms with van der Waals surface area (Å²) < 4.78 is 1.98. The smallest absolute Gasteiger partial charge is 0.154 e. The summed E-state index contributed by atoms with van der Waals surface area (Å²) in [6.07, 6.45) is 8.67. The quantitative estimate of drug-likeness (QED) is 0.463. The van der Waals surface area contributed by atoms with Crippen LogP contribution in [0.15, 0.2) is 49.1 Å². The van der Waals surface area contributed by atoms with Gasteiger partial charge in [-0.1, -0.05) is 13.8 Å². The highest BCUT2D eigenvalue weighted by Crippen LogP contribution is 2.24. The predicted molar refractivity (Wildman–Crippen MR) is 123 cm³/mol. The lowest BCUT2D eigenvalue weighted by molar-refractivity contribution is 0.380. The van der Waals surface area contributed by atoms with Gasteiger partial charge in [-0.05, 0) is 62.8 Å². The van der Waals surface area contributed by atoms with Crippen molar-refractivity contribution in [2.45, 2.75) is 32.7 Å². The van der Waals surface area contributed by atoms with Crippen molar-refractivity contribution in [3.05, 3.63) is 54.6 Å². The lowest BCUT2D eigenvalue weighted by atomic mass is 10.1. The molecule has 0 aliphatic carbocycles. The van der Waals surface area contributed by atoms with Crippen molar-refractivity contribution >= 4 is 22.7 Å². The van der Waals surface area contributed by atoms with Gasteiger partial charge in [0, 0.05) is 30.1 Å². The van der Waals surface area contributed by atoms with Crippen LogP contribution in [-0.4, -0.2) is 55.5 Å². The molecule has 31 heavy (non-hydrogen) atoms. The molecule has 4 aromatic rings. The van der Waals surface area contributed by atoms with Crippen LogP contribution in [0.3, 0.4) is 0 Å². The van der Waals surface area contributed by atoms with Crippen LogP contribution < -0.4 is 5.32 Å². The van der Waals surface area contributed by atoms with Crippen molar-refractivity contribution in [3.8, 4) is 11.1 Å². The molecule has 0 aliphatic heterocycles. The van der Waals surface area contributed by atoms with E-state index in [1.165, 1.54) is 0 Å². The van der Waals surface area contributed by atoms with Gasteiger partial charge in [-0.25, -0.2) is 4.98 Å². The van der Waals surface area contributed by atoms with Crippen molar-refractivity contribution in [2.24, 2.45) is 0 Å². The highest BCUT2D eigenvalue weighted by molar-refractivity contribution is 5.81. The summed E-state index contributed by atoms with van der Waals surface area (Å²) in [7, 11) is 4.16. The second-order valence-electron chi connectivity index (χ2n) is 8.26. The monoisotopic (exact) mass is 416 g/mol. The van der Waals surface area contributed by atoms with E-state index in [9.17, 15) is 0 Å². The number of nitrogens with zero attached hydrogens (tertiary/aromatic N) is 7. The molecule has 8 heteroatoms. The Balaban J connectivity index is 1.54. The molecule has 160 valence electrons. The predicted octanol–water partition coefficient (Wildman–Crippen LogP) is 4.10. The van der Waals surface area contributed by atoms with Crippen molar-refractivity contribution in [1.29, 1.82) is 0 Å². The van der Waals surface area contributed by atoms with Gasteiger partial charge in [0.05, 0.1) is 23.4 Å². The molecule has 0 radical (unpaired) electrons. The number of nitrogens with one attached hydrogen (secondary N) is 1. The Bertz CT molecular complexity index is 1170. The molecular formula is C23H28N8. The Labute approximate surface area is 182 Å². The lowest BCUT2D eigenvalue weighted by Gasteiger charge is -2.09. The van der Waals surface area contributed by atoms with Crippen molar-refractivity contribution < 1.29 is 0 Å². The Hall–Kier alpha value is -3.39. The average Bonchev–Trinajstić information content (AvgIpc) is 3.22. The first-order valence-electron chi connectivity index (χ1n) is 10.5. The molecule has 0 spiro atoms. The van der Waals surface area contributed by atoms with Gasteiger partial charge in [0.25, 0.3) is 0 Å². The zero-order chi connectivity index (χ0) is 21.8. The topological polar surface area (TPSA) is 84.7 Å². The maximum absolute atomic E-state index is 4.73. The second kappa shape index (κ2) is 9.18. The SMILES string of the molecule is CC(C)c1cnnc(Nc2ccc3ncc(-c4cnn(CCCN(C)C)c4)cc3n2)c1. The van der Waals surface area contributed by atoms with E-state index in [2.05, 4.69) is 64.6 Å². The molecule has 0 aromatic carbocycles. The van der Waals surface area contributed by atoms with Crippen LogP contribution in [0.25, 0.3) is 22.2 Å². The van der Waals surface area contributed by atoms with Gasteiger partial charge in [0.1, 0.15) is 5.82 Å².